The molecule has 0 aliphatic heterocycles. The van der Waals surface area contributed by atoms with Gasteiger partial charge < -0.3 is 24.5 Å². The smallest absolute Gasteiger partial charge is 0.306 e. The highest BCUT2D eigenvalue weighted by Gasteiger charge is 2.31. The van der Waals surface area contributed by atoms with Gasteiger partial charge in [0.25, 0.3) is 0 Å². The van der Waals surface area contributed by atoms with Crippen LogP contribution in [0.25, 0.3) is 22.3 Å². The molecule has 3 aromatic carbocycles. The third kappa shape index (κ3) is 3.91. The molecule has 0 aliphatic rings. The van der Waals surface area contributed by atoms with Gasteiger partial charge in [0.1, 0.15) is 16.7 Å². The number of nitriles is 1. The normalized spacial score (nSPS) is 11.6. The molecular weight excluding hydrogens is 438 g/mol. The number of benzene rings is 3. The molecular formula is C26H19NO7. The molecule has 0 fully saturated rings. The van der Waals surface area contributed by atoms with Crippen LogP contribution in [0.4, 0.5) is 0 Å². The van der Waals surface area contributed by atoms with Crippen molar-refractivity contribution in [2.75, 3.05) is 7.11 Å². The number of carbonyl (C=O) groups excluding carboxylic acids is 1. The fourth-order valence-electron chi connectivity index (χ4n) is 3.87. The SMILES string of the molecule is COC(=O)C[C@H](c1ccc(C#N)cc1)c1c(O)c(O)c(O)c2c(=O)cc(-c3ccccc3)oc12. The summed E-state index contributed by atoms with van der Waals surface area (Å²) in [5.74, 6) is -3.89. The molecule has 8 heteroatoms. The lowest BCUT2D eigenvalue weighted by molar-refractivity contribution is -0.140. The Bertz CT molecular complexity index is 1480. The lowest BCUT2D eigenvalue weighted by Crippen LogP contribution is -2.12. The van der Waals surface area contributed by atoms with Crippen LogP contribution in [-0.4, -0.2) is 28.4 Å². The lowest BCUT2D eigenvalue weighted by Gasteiger charge is -2.21. The standard InChI is InChI=1S/C26H19NO7/c1-33-20(29)11-17(15-9-7-14(13-27)8-10-15)21-23(30)25(32)24(31)22-18(28)12-19(34-26(21)22)16-5-3-2-4-6-16/h2-10,12,17,30-32H,11H2,1H3/t17-/m1/s1. The summed E-state index contributed by atoms with van der Waals surface area (Å²) in [5, 5.41) is 40.5. The predicted molar refractivity (Wildman–Crippen MR) is 123 cm³/mol. The molecule has 8 nitrogen and oxygen atoms in total. The van der Waals surface area contributed by atoms with Gasteiger partial charge >= 0.3 is 5.97 Å². The molecule has 4 aromatic rings. The van der Waals surface area contributed by atoms with E-state index in [2.05, 4.69) is 0 Å². The maximum absolute atomic E-state index is 13.0. The van der Waals surface area contributed by atoms with Crippen molar-refractivity contribution in [3.8, 4) is 34.6 Å². The number of phenolic OH excluding ortho intramolecular Hbond substituents is 3. The van der Waals surface area contributed by atoms with Gasteiger partial charge in [0.05, 0.1) is 25.2 Å². The minimum atomic E-state index is -0.941. The second-order valence-corrected chi connectivity index (χ2v) is 7.57. The zero-order valence-electron chi connectivity index (χ0n) is 18.0. The molecule has 1 atom stereocenters. The van der Waals surface area contributed by atoms with Crippen molar-refractivity contribution in [2.45, 2.75) is 12.3 Å². The molecule has 0 unspecified atom stereocenters. The first-order valence-corrected chi connectivity index (χ1v) is 10.2. The second-order valence-electron chi connectivity index (χ2n) is 7.57. The van der Waals surface area contributed by atoms with E-state index in [0.29, 0.717) is 16.7 Å². The number of fused-ring (bicyclic) bond motifs is 1. The lowest BCUT2D eigenvalue weighted by atomic mass is 9.85. The van der Waals surface area contributed by atoms with Crippen molar-refractivity contribution >= 4 is 16.9 Å². The van der Waals surface area contributed by atoms with E-state index in [1.54, 1.807) is 42.5 Å². The number of phenols is 3. The van der Waals surface area contributed by atoms with Gasteiger partial charge in [0.2, 0.25) is 5.75 Å². The molecule has 0 bridgehead atoms. The van der Waals surface area contributed by atoms with Gasteiger partial charge in [-0.2, -0.15) is 5.26 Å². The van der Waals surface area contributed by atoms with Gasteiger partial charge in [-0.05, 0) is 17.7 Å². The minimum absolute atomic E-state index is 0.0738. The molecule has 0 aliphatic carbocycles. The van der Waals surface area contributed by atoms with E-state index in [-0.39, 0.29) is 28.7 Å². The summed E-state index contributed by atoms with van der Waals surface area (Å²) in [7, 11) is 1.21. The third-order valence-corrected chi connectivity index (χ3v) is 5.58. The van der Waals surface area contributed by atoms with Crippen LogP contribution in [0.2, 0.25) is 0 Å². The van der Waals surface area contributed by atoms with Crippen LogP contribution in [0.1, 0.15) is 29.0 Å². The maximum atomic E-state index is 13.0. The van der Waals surface area contributed by atoms with Crippen molar-refractivity contribution in [1.29, 1.82) is 5.26 Å². The number of nitrogens with zero attached hydrogens (tertiary/aromatic N) is 1. The maximum Gasteiger partial charge on any atom is 0.306 e. The highest BCUT2D eigenvalue weighted by atomic mass is 16.5. The van der Waals surface area contributed by atoms with Crippen molar-refractivity contribution in [3.63, 3.8) is 0 Å². The summed E-state index contributed by atoms with van der Waals surface area (Å²) in [6, 6.07) is 18.1. The minimum Gasteiger partial charge on any atom is -0.504 e. The molecule has 1 aromatic heterocycles. The van der Waals surface area contributed by atoms with Crippen LogP contribution in [0, 0.1) is 11.3 Å². The van der Waals surface area contributed by atoms with Gasteiger partial charge in [-0.1, -0.05) is 42.5 Å². The Balaban J connectivity index is 2.07. The van der Waals surface area contributed by atoms with Crippen LogP contribution in [0.5, 0.6) is 17.2 Å². The molecule has 34 heavy (non-hydrogen) atoms. The quantitative estimate of drug-likeness (QED) is 0.300. The van der Waals surface area contributed by atoms with Crippen LogP contribution in [0.3, 0.4) is 0 Å². The zero-order valence-corrected chi connectivity index (χ0v) is 18.0. The average molecular weight is 457 g/mol. The van der Waals surface area contributed by atoms with Crippen LogP contribution in [0.15, 0.2) is 69.9 Å². The Hall–Kier alpha value is -4.77. The Morgan fingerprint density at radius 1 is 1.03 bits per heavy atom. The van der Waals surface area contributed by atoms with Crippen molar-refractivity contribution in [2.24, 2.45) is 0 Å². The second kappa shape index (κ2) is 9.00. The molecule has 0 saturated heterocycles. The topological polar surface area (TPSA) is 141 Å². The van der Waals surface area contributed by atoms with Gasteiger partial charge in [-0.3, -0.25) is 9.59 Å². The molecule has 4 rings (SSSR count). The van der Waals surface area contributed by atoms with E-state index in [9.17, 15) is 24.9 Å². The fraction of sp³-hybridized carbons (Fsp3) is 0.115. The van der Waals surface area contributed by atoms with Gasteiger partial charge in [0.15, 0.2) is 16.9 Å². The molecule has 1 heterocycles. The van der Waals surface area contributed by atoms with Crippen molar-refractivity contribution < 1.29 is 29.3 Å². The van der Waals surface area contributed by atoms with E-state index in [1.807, 2.05) is 6.07 Å². The molecule has 170 valence electrons. The van der Waals surface area contributed by atoms with Crippen LogP contribution < -0.4 is 5.43 Å². The Morgan fingerprint density at radius 2 is 1.71 bits per heavy atom. The molecule has 0 saturated carbocycles. The third-order valence-electron chi connectivity index (χ3n) is 5.58. The Morgan fingerprint density at radius 3 is 2.32 bits per heavy atom. The first kappa shape index (κ1) is 22.4. The Labute approximate surface area is 193 Å². The van der Waals surface area contributed by atoms with E-state index < -0.39 is 34.6 Å². The summed E-state index contributed by atoms with van der Waals surface area (Å²) < 4.78 is 10.8. The highest BCUT2D eigenvalue weighted by molar-refractivity contribution is 5.93. The van der Waals surface area contributed by atoms with Crippen LogP contribution >= 0.6 is 0 Å². The average Bonchev–Trinajstić information content (AvgIpc) is 2.86. The highest BCUT2D eigenvalue weighted by Crippen LogP contribution is 2.49. The van der Waals surface area contributed by atoms with Crippen molar-refractivity contribution in [1.82, 2.24) is 0 Å². The van der Waals surface area contributed by atoms with Crippen molar-refractivity contribution in [3.05, 3.63) is 87.6 Å². The fourth-order valence-corrected chi connectivity index (χ4v) is 3.87. The summed E-state index contributed by atoms with van der Waals surface area (Å²) >= 11 is 0. The van der Waals surface area contributed by atoms with E-state index in [4.69, 9.17) is 14.4 Å². The molecule has 0 radical (unpaired) electrons. The number of hydrogen-bond donors (Lipinski definition) is 3. The number of methoxy groups -OCH3 is 1. The Kier molecular flexibility index (Phi) is 5.94. The summed E-state index contributed by atoms with van der Waals surface area (Å²) in [6.07, 6.45) is -0.283. The van der Waals surface area contributed by atoms with E-state index in [1.165, 1.54) is 25.3 Å². The molecule has 0 amide bonds. The molecule has 3 N–H and O–H groups in total. The number of rotatable bonds is 5. The van der Waals surface area contributed by atoms with Gasteiger partial charge in [-0.25, -0.2) is 0 Å². The number of hydrogen-bond acceptors (Lipinski definition) is 8. The van der Waals surface area contributed by atoms with Gasteiger partial charge in [-0.15, -0.1) is 0 Å². The number of carbonyl (C=O) groups is 1. The number of esters is 1. The number of ether oxygens (including phenoxy) is 1. The molecule has 0 spiro atoms. The summed E-state index contributed by atoms with van der Waals surface area (Å²) in [4.78, 5) is 25.3. The monoisotopic (exact) mass is 457 g/mol. The largest absolute Gasteiger partial charge is 0.504 e. The number of aromatic hydroxyl groups is 3. The summed E-state index contributed by atoms with van der Waals surface area (Å²) in [5.41, 5.74) is 0.529. The predicted octanol–water partition coefficient (Wildman–Crippen LogP) is 4.14. The van der Waals surface area contributed by atoms with E-state index in [0.717, 1.165) is 0 Å². The van der Waals surface area contributed by atoms with Crippen LogP contribution in [-0.2, 0) is 9.53 Å². The van der Waals surface area contributed by atoms with E-state index >= 15 is 0 Å². The van der Waals surface area contributed by atoms with Gasteiger partial charge in [0, 0.05) is 23.1 Å². The summed E-state index contributed by atoms with van der Waals surface area (Å²) in [6.45, 7) is 0. The first-order valence-electron chi connectivity index (χ1n) is 10.2. The first-order chi connectivity index (χ1) is 16.3. The zero-order chi connectivity index (χ0) is 24.4.